The fourth-order valence-corrected chi connectivity index (χ4v) is 2.74. The van der Waals surface area contributed by atoms with Crippen LogP contribution in [0.15, 0.2) is 23.1 Å². The SMILES string of the molecule is CCCC(NC(=O)c1cc(S(C)(=O)=O)ccc1CC)C(=O)O. The Labute approximate surface area is 130 Å². The molecular weight excluding hydrogens is 306 g/mol. The average molecular weight is 327 g/mol. The predicted molar refractivity (Wildman–Crippen MR) is 82.7 cm³/mol. The quantitative estimate of drug-likeness (QED) is 0.793. The molecule has 0 aliphatic carbocycles. The third-order valence-electron chi connectivity index (χ3n) is 3.32. The lowest BCUT2D eigenvalue weighted by molar-refractivity contribution is -0.139. The number of carboxylic acids is 1. The number of amides is 1. The minimum Gasteiger partial charge on any atom is -0.480 e. The zero-order valence-corrected chi connectivity index (χ0v) is 13.7. The molecule has 7 heteroatoms. The zero-order valence-electron chi connectivity index (χ0n) is 12.9. The number of benzene rings is 1. The van der Waals surface area contributed by atoms with Gasteiger partial charge in [-0.2, -0.15) is 0 Å². The van der Waals surface area contributed by atoms with Crippen LogP contribution in [-0.2, 0) is 21.1 Å². The van der Waals surface area contributed by atoms with Crippen LogP contribution in [0.2, 0.25) is 0 Å². The van der Waals surface area contributed by atoms with Gasteiger partial charge in [-0.3, -0.25) is 4.79 Å². The van der Waals surface area contributed by atoms with E-state index >= 15 is 0 Å². The molecule has 0 aliphatic rings. The van der Waals surface area contributed by atoms with Crippen molar-refractivity contribution in [2.75, 3.05) is 6.26 Å². The van der Waals surface area contributed by atoms with Crippen LogP contribution < -0.4 is 5.32 Å². The number of carboxylic acid groups (broad SMARTS) is 1. The van der Waals surface area contributed by atoms with Gasteiger partial charge in [-0.25, -0.2) is 13.2 Å². The van der Waals surface area contributed by atoms with Crippen LogP contribution in [0.25, 0.3) is 0 Å². The summed E-state index contributed by atoms with van der Waals surface area (Å²) in [6.45, 7) is 3.66. The minimum atomic E-state index is -3.44. The van der Waals surface area contributed by atoms with Crippen molar-refractivity contribution in [2.45, 2.75) is 44.0 Å². The van der Waals surface area contributed by atoms with Gasteiger partial charge >= 0.3 is 5.97 Å². The van der Waals surface area contributed by atoms with E-state index in [0.717, 1.165) is 6.26 Å². The van der Waals surface area contributed by atoms with Gasteiger partial charge in [-0.15, -0.1) is 0 Å². The minimum absolute atomic E-state index is 0.0391. The maximum atomic E-state index is 12.3. The van der Waals surface area contributed by atoms with Crippen LogP contribution in [0, 0.1) is 0 Å². The van der Waals surface area contributed by atoms with Crippen molar-refractivity contribution in [1.82, 2.24) is 5.32 Å². The molecule has 0 spiro atoms. The van der Waals surface area contributed by atoms with Crippen molar-refractivity contribution in [3.05, 3.63) is 29.3 Å². The molecule has 0 aromatic heterocycles. The van der Waals surface area contributed by atoms with Gasteiger partial charge in [0.25, 0.3) is 5.91 Å². The smallest absolute Gasteiger partial charge is 0.326 e. The van der Waals surface area contributed by atoms with Gasteiger partial charge in [0.1, 0.15) is 6.04 Å². The Morgan fingerprint density at radius 1 is 1.27 bits per heavy atom. The fraction of sp³-hybridized carbons (Fsp3) is 0.467. The van der Waals surface area contributed by atoms with E-state index in [4.69, 9.17) is 5.11 Å². The summed E-state index contributed by atoms with van der Waals surface area (Å²) in [5.41, 5.74) is 0.873. The number of carbonyl (C=O) groups excluding carboxylic acids is 1. The van der Waals surface area contributed by atoms with Crippen LogP contribution in [0.5, 0.6) is 0 Å². The largest absolute Gasteiger partial charge is 0.480 e. The van der Waals surface area contributed by atoms with Gasteiger partial charge in [0.05, 0.1) is 4.90 Å². The monoisotopic (exact) mass is 327 g/mol. The van der Waals surface area contributed by atoms with E-state index < -0.39 is 27.8 Å². The molecule has 0 fully saturated rings. The van der Waals surface area contributed by atoms with E-state index in [1.54, 1.807) is 6.07 Å². The molecule has 22 heavy (non-hydrogen) atoms. The first-order chi connectivity index (χ1) is 10.2. The third-order valence-corrected chi connectivity index (χ3v) is 4.43. The van der Waals surface area contributed by atoms with Crippen molar-refractivity contribution < 1.29 is 23.1 Å². The second-order valence-corrected chi connectivity index (χ2v) is 7.11. The molecular formula is C15H21NO5S. The number of sulfone groups is 1. The van der Waals surface area contributed by atoms with Crippen molar-refractivity contribution in [3.63, 3.8) is 0 Å². The highest BCUT2D eigenvalue weighted by molar-refractivity contribution is 7.90. The zero-order chi connectivity index (χ0) is 16.9. The fourth-order valence-electron chi connectivity index (χ4n) is 2.09. The summed E-state index contributed by atoms with van der Waals surface area (Å²) < 4.78 is 23.2. The molecule has 0 heterocycles. The number of aryl methyl sites for hydroxylation is 1. The number of hydrogen-bond donors (Lipinski definition) is 2. The van der Waals surface area contributed by atoms with E-state index in [-0.39, 0.29) is 10.5 Å². The van der Waals surface area contributed by atoms with Gasteiger partial charge in [0.2, 0.25) is 0 Å². The normalized spacial score (nSPS) is 12.7. The summed E-state index contributed by atoms with van der Waals surface area (Å²) in [6.07, 6.45) is 2.53. The number of aliphatic carboxylic acids is 1. The van der Waals surface area contributed by atoms with Gasteiger partial charge in [0.15, 0.2) is 9.84 Å². The van der Waals surface area contributed by atoms with Crippen molar-refractivity contribution in [1.29, 1.82) is 0 Å². The second-order valence-electron chi connectivity index (χ2n) is 5.10. The summed E-state index contributed by atoms with van der Waals surface area (Å²) in [7, 11) is -3.44. The number of rotatable bonds is 7. The summed E-state index contributed by atoms with van der Waals surface area (Å²) in [6, 6.07) is 3.35. The molecule has 0 radical (unpaired) electrons. The van der Waals surface area contributed by atoms with E-state index in [1.807, 2.05) is 13.8 Å². The Balaban J connectivity index is 3.17. The summed E-state index contributed by atoms with van der Waals surface area (Å²) in [4.78, 5) is 23.5. The highest BCUT2D eigenvalue weighted by atomic mass is 32.2. The molecule has 0 saturated heterocycles. The number of hydrogen-bond acceptors (Lipinski definition) is 4. The Morgan fingerprint density at radius 3 is 2.36 bits per heavy atom. The van der Waals surface area contributed by atoms with E-state index in [1.165, 1.54) is 12.1 Å². The standard InChI is InChI=1S/C15H21NO5S/c1-4-6-13(15(18)19)16-14(17)12-9-11(22(3,20)21)8-7-10(12)5-2/h7-9,13H,4-6H2,1-3H3,(H,16,17)(H,18,19). The number of nitrogens with one attached hydrogen (secondary N) is 1. The third kappa shape index (κ3) is 4.56. The highest BCUT2D eigenvalue weighted by Gasteiger charge is 2.22. The lowest BCUT2D eigenvalue weighted by Gasteiger charge is -2.15. The molecule has 1 unspecified atom stereocenters. The topological polar surface area (TPSA) is 101 Å². The van der Waals surface area contributed by atoms with E-state index in [9.17, 15) is 18.0 Å². The second kappa shape index (κ2) is 7.40. The molecule has 1 rings (SSSR count). The molecule has 0 aliphatic heterocycles. The number of carbonyl (C=O) groups is 2. The van der Waals surface area contributed by atoms with Gasteiger partial charge in [-0.1, -0.05) is 26.3 Å². The van der Waals surface area contributed by atoms with Crippen LogP contribution >= 0.6 is 0 Å². The maximum absolute atomic E-state index is 12.3. The first-order valence-corrected chi connectivity index (χ1v) is 8.96. The van der Waals surface area contributed by atoms with Crippen molar-refractivity contribution in [2.24, 2.45) is 0 Å². The Kier molecular flexibility index (Phi) is 6.11. The first-order valence-electron chi connectivity index (χ1n) is 7.07. The van der Waals surface area contributed by atoms with Crippen LogP contribution in [0.4, 0.5) is 0 Å². The Bertz CT molecular complexity index is 667. The van der Waals surface area contributed by atoms with Gasteiger partial charge < -0.3 is 10.4 Å². The van der Waals surface area contributed by atoms with Crippen molar-refractivity contribution in [3.8, 4) is 0 Å². The molecule has 6 nitrogen and oxygen atoms in total. The molecule has 2 N–H and O–H groups in total. The lowest BCUT2D eigenvalue weighted by atomic mass is 10.0. The molecule has 1 atom stereocenters. The lowest BCUT2D eigenvalue weighted by Crippen LogP contribution is -2.41. The van der Waals surface area contributed by atoms with Crippen LogP contribution in [0.1, 0.15) is 42.6 Å². The highest BCUT2D eigenvalue weighted by Crippen LogP contribution is 2.17. The maximum Gasteiger partial charge on any atom is 0.326 e. The molecule has 0 saturated carbocycles. The average Bonchev–Trinajstić information content (AvgIpc) is 2.44. The van der Waals surface area contributed by atoms with E-state index in [2.05, 4.69) is 5.32 Å². The summed E-state index contributed by atoms with van der Waals surface area (Å²) in [5.74, 6) is -1.67. The molecule has 1 aromatic rings. The molecule has 0 bridgehead atoms. The van der Waals surface area contributed by atoms with Crippen LogP contribution in [-0.4, -0.2) is 37.7 Å². The predicted octanol–water partition coefficient (Wildman–Crippen LogP) is 1.64. The van der Waals surface area contributed by atoms with Crippen molar-refractivity contribution >= 4 is 21.7 Å². The molecule has 122 valence electrons. The summed E-state index contributed by atoms with van der Waals surface area (Å²) >= 11 is 0. The molecule has 1 aromatic carbocycles. The van der Waals surface area contributed by atoms with E-state index in [0.29, 0.717) is 24.8 Å². The Morgan fingerprint density at radius 2 is 1.91 bits per heavy atom. The molecule has 1 amide bonds. The van der Waals surface area contributed by atoms with Gasteiger partial charge in [-0.05, 0) is 30.5 Å². The Hall–Kier alpha value is -1.89. The summed E-state index contributed by atoms with van der Waals surface area (Å²) in [5, 5.41) is 11.6. The van der Waals surface area contributed by atoms with Crippen LogP contribution in [0.3, 0.4) is 0 Å². The first kappa shape index (κ1) is 18.2. The van der Waals surface area contributed by atoms with Gasteiger partial charge in [0, 0.05) is 11.8 Å².